The molecule has 0 aromatic heterocycles. The van der Waals surface area contributed by atoms with Gasteiger partial charge >= 0.3 is 7.12 Å². The summed E-state index contributed by atoms with van der Waals surface area (Å²) in [5.41, 5.74) is 2.94. The van der Waals surface area contributed by atoms with Gasteiger partial charge in [0.2, 0.25) is 0 Å². The van der Waals surface area contributed by atoms with E-state index >= 15 is 0 Å². The molecule has 172 valence electrons. The molecule has 1 aliphatic heterocycles. The SMILES string of the molecule is COc1cc(C)cc(B2OC(C)(C)C(C)(C)O2)c1C=O.COc1cc(C)cc(Br)c1C=O. The average molecular weight is 505 g/mol. The van der Waals surface area contributed by atoms with Crippen molar-refractivity contribution in [3.63, 3.8) is 0 Å². The van der Waals surface area contributed by atoms with Crippen molar-refractivity contribution in [3.05, 3.63) is 51.0 Å². The van der Waals surface area contributed by atoms with E-state index in [1.807, 2.05) is 65.8 Å². The molecule has 2 aromatic rings. The summed E-state index contributed by atoms with van der Waals surface area (Å²) in [6, 6.07) is 7.45. The molecular weight excluding hydrogens is 475 g/mol. The number of benzene rings is 2. The molecule has 3 rings (SSSR count). The number of aryl methyl sites for hydroxylation is 2. The van der Waals surface area contributed by atoms with E-state index < -0.39 is 18.3 Å². The first kappa shape index (κ1) is 26.1. The van der Waals surface area contributed by atoms with Crippen LogP contribution in [0.5, 0.6) is 11.5 Å². The molecule has 0 saturated carbocycles. The third kappa shape index (κ3) is 5.42. The summed E-state index contributed by atoms with van der Waals surface area (Å²) in [4.78, 5) is 22.0. The molecule has 1 fully saturated rings. The number of rotatable bonds is 5. The van der Waals surface area contributed by atoms with Gasteiger partial charge in [-0.2, -0.15) is 0 Å². The smallest absolute Gasteiger partial charge is 0.495 e. The number of methoxy groups -OCH3 is 2. The molecule has 6 nitrogen and oxygen atoms in total. The van der Waals surface area contributed by atoms with Crippen molar-refractivity contribution >= 4 is 41.1 Å². The number of ether oxygens (including phenoxy) is 2. The number of aldehydes is 2. The zero-order chi connectivity index (χ0) is 24.3. The van der Waals surface area contributed by atoms with Crippen LogP contribution in [0.1, 0.15) is 59.5 Å². The molecule has 2 aromatic carbocycles. The van der Waals surface area contributed by atoms with Gasteiger partial charge in [0.05, 0.1) is 36.5 Å². The van der Waals surface area contributed by atoms with Gasteiger partial charge in [0.1, 0.15) is 11.5 Å². The summed E-state index contributed by atoms with van der Waals surface area (Å²) in [6.07, 6.45) is 1.57. The second kappa shape index (κ2) is 10.2. The van der Waals surface area contributed by atoms with E-state index in [1.54, 1.807) is 14.2 Å². The van der Waals surface area contributed by atoms with Gasteiger partial charge in [-0.05, 0) is 92.3 Å². The Balaban J connectivity index is 0.000000258. The van der Waals surface area contributed by atoms with Gasteiger partial charge in [-0.1, -0.05) is 6.07 Å². The molecule has 1 heterocycles. The molecule has 0 aliphatic carbocycles. The van der Waals surface area contributed by atoms with Crippen LogP contribution in [0.15, 0.2) is 28.7 Å². The zero-order valence-corrected chi connectivity index (χ0v) is 21.5. The van der Waals surface area contributed by atoms with E-state index in [0.29, 0.717) is 22.6 Å². The van der Waals surface area contributed by atoms with Crippen LogP contribution in [-0.2, 0) is 9.31 Å². The summed E-state index contributed by atoms with van der Waals surface area (Å²) in [5.74, 6) is 1.15. The zero-order valence-electron chi connectivity index (χ0n) is 19.9. The van der Waals surface area contributed by atoms with Crippen LogP contribution in [0.4, 0.5) is 0 Å². The fraction of sp³-hybridized carbons (Fsp3) is 0.417. The highest BCUT2D eigenvalue weighted by molar-refractivity contribution is 9.10. The standard InChI is InChI=1S/C15H21BO4.C9H9BrO2/c1-10-7-12(11(9-17)13(8-10)18-6)16-19-14(2,3)15(4,5)20-16;1-6-3-8(10)7(5-11)9(4-6)12-2/h7-9H,1-6H3;3-5H,1-2H3. The topological polar surface area (TPSA) is 71.1 Å². The first-order chi connectivity index (χ1) is 14.9. The lowest BCUT2D eigenvalue weighted by atomic mass is 9.75. The lowest BCUT2D eigenvalue weighted by molar-refractivity contribution is 0.00578. The molecule has 32 heavy (non-hydrogen) atoms. The van der Waals surface area contributed by atoms with Gasteiger partial charge in [-0.15, -0.1) is 0 Å². The first-order valence-corrected chi connectivity index (χ1v) is 11.0. The third-order valence-electron chi connectivity index (χ3n) is 5.74. The number of hydrogen-bond acceptors (Lipinski definition) is 6. The Morgan fingerprint density at radius 3 is 1.69 bits per heavy atom. The van der Waals surface area contributed by atoms with E-state index in [4.69, 9.17) is 18.8 Å². The Morgan fingerprint density at radius 2 is 1.25 bits per heavy atom. The third-order valence-corrected chi connectivity index (χ3v) is 6.39. The fourth-order valence-corrected chi connectivity index (χ4v) is 3.91. The lowest BCUT2D eigenvalue weighted by Crippen LogP contribution is -2.41. The van der Waals surface area contributed by atoms with Gasteiger partial charge in [-0.3, -0.25) is 9.59 Å². The Labute approximate surface area is 198 Å². The molecule has 0 radical (unpaired) electrons. The van der Waals surface area contributed by atoms with Crippen LogP contribution in [0.25, 0.3) is 0 Å². The molecule has 0 bridgehead atoms. The summed E-state index contributed by atoms with van der Waals surface area (Å²) < 4.78 is 23.1. The molecule has 8 heteroatoms. The summed E-state index contributed by atoms with van der Waals surface area (Å²) in [7, 11) is 2.54. The maximum absolute atomic E-state index is 11.4. The Hall–Kier alpha value is -2.16. The minimum absolute atomic E-state index is 0.436. The Bertz CT molecular complexity index is 986. The predicted molar refractivity (Wildman–Crippen MR) is 130 cm³/mol. The van der Waals surface area contributed by atoms with Crippen molar-refractivity contribution in [2.75, 3.05) is 14.2 Å². The summed E-state index contributed by atoms with van der Waals surface area (Å²) >= 11 is 3.29. The van der Waals surface area contributed by atoms with E-state index in [2.05, 4.69) is 15.9 Å². The highest BCUT2D eigenvalue weighted by atomic mass is 79.9. The van der Waals surface area contributed by atoms with Gasteiger partial charge in [0.15, 0.2) is 12.6 Å². The minimum Gasteiger partial charge on any atom is -0.496 e. The number of hydrogen-bond donors (Lipinski definition) is 0. The van der Waals surface area contributed by atoms with E-state index in [1.165, 1.54) is 0 Å². The van der Waals surface area contributed by atoms with Crippen LogP contribution in [0, 0.1) is 13.8 Å². The molecule has 0 spiro atoms. The quantitative estimate of drug-likeness (QED) is 0.434. The largest absolute Gasteiger partial charge is 0.496 e. The maximum atomic E-state index is 11.4. The van der Waals surface area contributed by atoms with E-state index in [9.17, 15) is 9.59 Å². The van der Waals surface area contributed by atoms with Gasteiger partial charge in [0.25, 0.3) is 0 Å². The second-order valence-electron chi connectivity index (χ2n) is 8.66. The van der Waals surface area contributed by atoms with Gasteiger partial charge < -0.3 is 18.8 Å². The van der Waals surface area contributed by atoms with Crippen molar-refractivity contribution in [2.45, 2.75) is 52.7 Å². The number of carbonyl (C=O) groups is 2. The van der Waals surface area contributed by atoms with Crippen molar-refractivity contribution in [2.24, 2.45) is 0 Å². The molecule has 0 N–H and O–H groups in total. The van der Waals surface area contributed by atoms with E-state index in [0.717, 1.165) is 33.6 Å². The van der Waals surface area contributed by atoms with Crippen LogP contribution in [0.3, 0.4) is 0 Å². The van der Waals surface area contributed by atoms with Gasteiger partial charge in [0, 0.05) is 4.47 Å². The molecule has 0 atom stereocenters. The summed E-state index contributed by atoms with van der Waals surface area (Å²) in [5, 5.41) is 0. The van der Waals surface area contributed by atoms with Crippen molar-refractivity contribution in [1.29, 1.82) is 0 Å². The lowest BCUT2D eigenvalue weighted by Gasteiger charge is -2.32. The average Bonchev–Trinajstić information content (AvgIpc) is 2.94. The van der Waals surface area contributed by atoms with Crippen LogP contribution in [0.2, 0.25) is 0 Å². The molecule has 1 aliphatic rings. The molecule has 1 saturated heterocycles. The van der Waals surface area contributed by atoms with Crippen LogP contribution >= 0.6 is 15.9 Å². The van der Waals surface area contributed by atoms with Crippen molar-refractivity contribution in [3.8, 4) is 11.5 Å². The summed E-state index contributed by atoms with van der Waals surface area (Å²) in [6.45, 7) is 11.8. The minimum atomic E-state index is -0.561. The molecule has 0 amide bonds. The first-order valence-electron chi connectivity index (χ1n) is 10.2. The predicted octanol–water partition coefficient (Wildman–Crippen LogP) is 4.69. The Kier molecular flexibility index (Phi) is 8.31. The van der Waals surface area contributed by atoms with E-state index in [-0.39, 0.29) is 0 Å². The van der Waals surface area contributed by atoms with Crippen LogP contribution < -0.4 is 14.9 Å². The van der Waals surface area contributed by atoms with Gasteiger partial charge in [-0.25, -0.2) is 0 Å². The van der Waals surface area contributed by atoms with Crippen LogP contribution in [-0.4, -0.2) is 45.1 Å². The Morgan fingerprint density at radius 1 is 0.812 bits per heavy atom. The molecular formula is C24H30BBrO6. The second-order valence-corrected chi connectivity index (χ2v) is 9.51. The maximum Gasteiger partial charge on any atom is 0.495 e. The fourth-order valence-electron chi connectivity index (χ4n) is 3.26. The van der Waals surface area contributed by atoms with Crippen molar-refractivity contribution in [1.82, 2.24) is 0 Å². The highest BCUT2D eigenvalue weighted by Crippen LogP contribution is 2.37. The number of halogens is 1. The molecule has 0 unspecified atom stereocenters. The highest BCUT2D eigenvalue weighted by Gasteiger charge is 2.52. The normalized spacial score (nSPS) is 16.1. The van der Waals surface area contributed by atoms with Crippen molar-refractivity contribution < 1.29 is 28.4 Å². The number of carbonyl (C=O) groups excluding carboxylic acids is 2. The monoisotopic (exact) mass is 504 g/mol.